The number of β-amino-alcohol motifs (C(OH)–C–C–N with tert-alkyl or cyclic N) is 1. The second-order valence-corrected chi connectivity index (χ2v) is 8.11. The van der Waals surface area contributed by atoms with Gasteiger partial charge in [0.1, 0.15) is 5.75 Å². The number of halogens is 3. The van der Waals surface area contributed by atoms with Crippen molar-refractivity contribution in [2.75, 3.05) is 6.54 Å². The average Bonchev–Trinajstić information content (AvgIpc) is 2.83. The van der Waals surface area contributed by atoms with Crippen LogP contribution in [-0.4, -0.2) is 52.8 Å². The number of aliphatic hydroxyl groups excluding tert-OH is 1. The summed E-state index contributed by atoms with van der Waals surface area (Å²) in [5, 5.41) is 15.2. The molecule has 0 saturated carbocycles. The van der Waals surface area contributed by atoms with E-state index in [4.69, 9.17) is 0 Å². The van der Waals surface area contributed by atoms with Crippen molar-refractivity contribution in [1.29, 1.82) is 0 Å². The smallest absolute Gasteiger partial charge is 0.406 e. The molecule has 0 unspecified atom stereocenters. The molecule has 1 aliphatic rings. The molecule has 1 N–H and O–H groups in total. The van der Waals surface area contributed by atoms with E-state index in [1.54, 1.807) is 12.2 Å². The summed E-state index contributed by atoms with van der Waals surface area (Å²) in [6, 6.07) is 14.4. The molecular weight excluding hydrogens is 459 g/mol. The highest BCUT2D eigenvalue weighted by molar-refractivity contribution is 5.79. The van der Waals surface area contributed by atoms with Crippen LogP contribution in [0.3, 0.4) is 0 Å². The molecule has 2 aromatic carbocycles. The van der Waals surface area contributed by atoms with Gasteiger partial charge < -0.3 is 14.7 Å². The van der Waals surface area contributed by atoms with E-state index in [0.717, 1.165) is 17.0 Å². The van der Waals surface area contributed by atoms with E-state index in [1.807, 2.05) is 37.3 Å². The summed E-state index contributed by atoms with van der Waals surface area (Å²) in [5.41, 5.74) is 2.36. The van der Waals surface area contributed by atoms with Gasteiger partial charge in [0.15, 0.2) is 0 Å². The Labute approximate surface area is 202 Å². The fourth-order valence-corrected chi connectivity index (χ4v) is 3.87. The number of carbonyl (C=O) groups is 1. The number of rotatable bonds is 8. The normalized spacial score (nSPS) is 18.3. The number of ether oxygens (including phenoxy) is 1. The monoisotopic (exact) mass is 487 g/mol. The van der Waals surface area contributed by atoms with Crippen LogP contribution in [0, 0.1) is 0 Å². The summed E-state index contributed by atoms with van der Waals surface area (Å²) in [7, 11) is 0. The Morgan fingerprint density at radius 3 is 2.49 bits per heavy atom. The van der Waals surface area contributed by atoms with Crippen molar-refractivity contribution < 1.29 is 27.8 Å². The molecule has 2 aromatic rings. The fourth-order valence-electron chi connectivity index (χ4n) is 3.87. The molecule has 0 aliphatic carbocycles. The minimum Gasteiger partial charge on any atom is -0.406 e. The van der Waals surface area contributed by atoms with Crippen LogP contribution in [0.4, 0.5) is 18.0 Å². The maximum absolute atomic E-state index is 13.4. The van der Waals surface area contributed by atoms with E-state index in [9.17, 15) is 23.1 Å². The number of hydrazone groups is 1. The van der Waals surface area contributed by atoms with Gasteiger partial charge in [0.05, 0.1) is 18.7 Å². The maximum Gasteiger partial charge on any atom is 0.573 e. The van der Waals surface area contributed by atoms with Crippen LogP contribution < -0.4 is 4.74 Å². The summed E-state index contributed by atoms with van der Waals surface area (Å²) in [6.07, 6.45) is 1.27. The van der Waals surface area contributed by atoms with E-state index < -0.39 is 18.5 Å². The molecule has 1 heterocycles. The molecular formula is C26H28F3N3O3. The van der Waals surface area contributed by atoms with Gasteiger partial charge in [0, 0.05) is 12.9 Å². The van der Waals surface area contributed by atoms with E-state index in [1.165, 1.54) is 35.4 Å². The number of allylic oxidation sites excluding steroid dienone is 1. The number of hydrogen-bond donors (Lipinski definition) is 1. The molecule has 2 atom stereocenters. The third kappa shape index (κ3) is 7.45. The number of benzene rings is 2. The van der Waals surface area contributed by atoms with E-state index in [0.29, 0.717) is 24.0 Å². The molecule has 0 spiro atoms. The fraction of sp³-hybridized carbons (Fsp3) is 0.308. The molecule has 0 aromatic heterocycles. The van der Waals surface area contributed by atoms with E-state index in [-0.39, 0.29) is 18.3 Å². The summed E-state index contributed by atoms with van der Waals surface area (Å²) >= 11 is 0. The van der Waals surface area contributed by atoms with E-state index >= 15 is 0 Å². The van der Waals surface area contributed by atoms with Gasteiger partial charge >= 0.3 is 12.4 Å². The van der Waals surface area contributed by atoms with Gasteiger partial charge in [-0.25, -0.2) is 4.79 Å². The Morgan fingerprint density at radius 2 is 1.89 bits per heavy atom. The minimum atomic E-state index is -4.77. The zero-order valence-corrected chi connectivity index (χ0v) is 19.4. The van der Waals surface area contributed by atoms with Gasteiger partial charge in [-0.05, 0) is 41.7 Å². The number of alkyl halides is 3. The number of hydrogen-bond acceptors (Lipinski definition) is 4. The molecule has 6 nitrogen and oxygen atoms in total. The van der Waals surface area contributed by atoms with E-state index in [2.05, 4.69) is 16.6 Å². The number of aliphatic hydroxyl groups is 1. The van der Waals surface area contributed by atoms with Crippen LogP contribution in [-0.2, 0) is 6.42 Å². The lowest BCUT2D eigenvalue weighted by Crippen LogP contribution is -2.50. The number of urea groups is 1. The van der Waals surface area contributed by atoms with Gasteiger partial charge in [0.25, 0.3) is 0 Å². The molecule has 0 radical (unpaired) electrons. The highest BCUT2D eigenvalue weighted by Crippen LogP contribution is 2.27. The third-order valence-electron chi connectivity index (χ3n) is 5.48. The second-order valence-electron chi connectivity index (χ2n) is 8.11. The largest absolute Gasteiger partial charge is 0.573 e. The molecule has 3 rings (SSSR count). The SMILES string of the molecule is C=NN(/C=C(\CCC)c1ccc(OC(F)(F)F)cc1)C(=O)N1C[C@@H](O)C=C[C@@H]1Cc1ccccc1. The molecule has 2 amide bonds. The Balaban J connectivity index is 1.84. The van der Waals surface area contributed by atoms with Gasteiger partial charge in [-0.15, -0.1) is 13.2 Å². The van der Waals surface area contributed by atoms with Gasteiger partial charge in [-0.3, -0.25) is 0 Å². The van der Waals surface area contributed by atoms with Crippen molar-refractivity contribution in [3.05, 3.63) is 84.1 Å². The molecule has 1 aliphatic heterocycles. The predicted molar refractivity (Wildman–Crippen MR) is 129 cm³/mol. The molecule has 186 valence electrons. The van der Waals surface area contributed by atoms with Gasteiger partial charge in [-0.2, -0.15) is 10.1 Å². The summed E-state index contributed by atoms with van der Waals surface area (Å²) in [4.78, 5) is 15.0. The standard InChI is InChI=1S/C26H28F3N3O3/c1-3-7-21(20-10-14-24(15-11-20)35-26(27,28)29)17-32(30-2)25(34)31-18-23(33)13-12-22(31)16-19-8-5-4-6-9-19/h4-6,8-15,17,22-23,33H,2-3,7,16,18H2,1H3/b21-17+/t22-,23+/m1/s1. The quantitative estimate of drug-likeness (QED) is 0.299. The molecule has 0 saturated heterocycles. The lowest BCUT2D eigenvalue weighted by atomic mass is 10.0. The predicted octanol–water partition coefficient (Wildman–Crippen LogP) is 5.61. The Hall–Kier alpha value is -3.59. The number of carbonyl (C=O) groups excluding carboxylic acids is 1. The first-order valence-electron chi connectivity index (χ1n) is 11.2. The Morgan fingerprint density at radius 1 is 1.20 bits per heavy atom. The van der Waals surface area contributed by atoms with Crippen LogP contribution in [0.25, 0.3) is 5.57 Å². The van der Waals surface area contributed by atoms with Gasteiger partial charge in [-0.1, -0.05) is 68.0 Å². The molecule has 9 heteroatoms. The molecule has 35 heavy (non-hydrogen) atoms. The van der Waals surface area contributed by atoms with Crippen molar-refractivity contribution in [3.63, 3.8) is 0 Å². The van der Waals surface area contributed by atoms with Crippen LogP contribution >= 0.6 is 0 Å². The minimum absolute atomic E-state index is 0.0965. The first kappa shape index (κ1) is 26.0. The highest BCUT2D eigenvalue weighted by atomic mass is 19.4. The van der Waals surface area contributed by atoms with Gasteiger partial charge in [0.2, 0.25) is 0 Å². The first-order chi connectivity index (χ1) is 16.7. The van der Waals surface area contributed by atoms with Crippen LogP contribution in [0.2, 0.25) is 0 Å². The first-order valence-corrected chi connectivity index (χ1v) is 11.2. The lowest BCUT2D eigenvalue weighted by molar-refractivity contribution is -0.274. The van der Waals surface area contributed by atoms with Crippen molar-refractivity contribution in [2.45, 2.75) is 44.7 Å². The highest BCUT2D eigenvalue weighted by Gasteiger charge is 2.32. The van der Waals surface area contributed by atoms with Crippen LogP contribution in [0.1, 0.15) is 30.9 Å². The number of amides is 2. The zero-order chi connectivity index (χ0) is 25.4. The van der Waals surface area contributed by atoms with Crippen molar-refractivity contribution in [1.82, 2.24) is 9.91 Å². The summed E-state index contributed by atoms with van der Waals surface area (Å²) in [6.45, 7) is 5.57. The van der Waals surface area contributed by atoms with Crippen LogP contribution in [0.15, 0.2) is 78.1 Å². The molecule has 0 bridgehead atoms. The second kappa shape index (κ2) is 11.7. The zero-order valence-electron chi connectivity index (χ0n) is 19.4. The topological polar surface area (TPSA) is 65.4 Å². The maximum atomic E-state index is 13.4. The van der Waals surface area contributed by atoms with Crippen molar-refractivity contribution in [3.8, 4) is 5.75 Å². The summed E-state index contributed by atoms with van der Waals surface area (Å²) < 4.78 is 41.4. The molecule has 0 fully saturated rings. The van der Waals surface area contributed by atoms with Crippen molar-refractivity contribution in [2.24, 2.45) is 5.10 Å². The number of nitrogens with zero attached hydrogens (tertiary/aromatic N) is 3. The van der Waals surface area contributed by atoms with Crippen LogP contribution in [0.5, 0.6) is 5.75 Å². The van der Waals surface area contributed by atoms with Crippen molar-refractivity contribution >= 4 is 18.3 Å². The average molecular weight is 488 g/mol. The Bertz CT molecular complexity index is 1050. The lowest BCUT2D eigenvalue weighted by Gasteiger charge is -2.36. The summed E-state index contributed by atoms with van der Waals surface area (Å²) in [5.74, 6) is -0.329. The third-order valence-corrected chi connectivity index (χ3v) is 5.48. The Kier molecular flexibility index (Phi) is 8.70.